The van der Waals surface area contributed by atoms with Crippen LogP contribution in [0.5, 0.6) is 0 Å². The predicted molar refractivity (Wildman–Crippen MR) is 84.5 cm³/mol. The molecule has 1 atom stereocenters. The van der Waals surface area contributed by atoms with Crippen molar-refractivity contribution in [3.05, 3.63) is 22.4 Å². The second-order valence-electron chi connectivity index (χ2n) is 5.39. The predicted octanol–water partition coefficient (Wildman–Crippen LogP) is 3.24. The molecule has 4 heteroatoms. The van der Waals surface area contributed by atoms with Gasteiger partial charge < -0.3 is 14.8 Å². The molecule has 0 aliphatic carbocycles. The maximum atomic E-state index is 6.22. The monoisotopic (exact) mass is 297 g/mol. The Morgan fingerprint density at radius 3 is 2.80 bits per heavy atom. The lowest BCUT2D eigenvalue weighted by molar-refractivity contribution is -0.127. The van der Waals surface area contributed by atoms with Crippen molar-refractivity contribution in [1.29, 1.82) is 0 Å². The lowest BCUT2D eigenvalue weighted by atomic mass is 9.83. The van der Waals surface area contributed by atoms with Crippen molar-refractivity contribution in [2.45, 2.75) is 51.2 Å². The standard InChI is InChI=1S/C16H27NO2S/c1-3-17-15(6-5-14-7-12-20-13-14)16(19-4-2)8-10-18-11-9-16/h7,12-13,15,17H,3-6,8-11H2,1-2H3. The highest BCUT2D eigenvalue weighted by Crippen LogP contribution is 2.31. The van der Waals surface area contributed by atoms with Gasteiger partial charge >= 0.3 is 0 Å². The summed E-state index contributed by atoms with van der Waals surface area (Å²) in [5.74, 6) is 0. The molecule has 3 nitrogen and oxygen atoms in total. The Labute approximate surface area is 126 Å². The summed E-state index contributed by atoms with van der Waals surface area (Å²) in [4.78, 5) is 0. The maximum absolute atomic E-state index is 6.22. The van der Waals surface area contributed by atoms with Gasteiger partial charge in [-0.15, -0.1) is 0 Å². The molecule has 2 rings (SSSR count). The second-order valence-corrected chi connectivity index (χ2v) is 6.17. The number of thiophene rings is 1. The van der Waals surface area contributed by atoms with Crippen LogP contribution in [0.2, 0.25) is 0 Å². The summed E-state index contributed by atoms with van der Waals surface area (Å²) in [6.07, 6.45) is 4.26. The Morgan fingerprint density at radius 2 is 2.20 bits per heavy atom. The zero-order valence-corrected chi connectivity index (χ0v) is 13.5. The molecule has 0 aromatic carbocycles. The summed E-state index contributed by atoms with van der Waals surface area (Å²) in [5, 5.41) is 8.07. The van der Waals surface area contributed by atoms with E-state index in [1.807, 2.05) is 0 Å². The molecule has 0 radical (unpaired) electrons. The molecular weight excluding hydrogens is 270 g/mol. The zero-order chi connectivity index (χ0) is 14.3. The van der Waals surface area contributed by atoms with Gasteiger partial charge in [0.15, 0.2) is 0 Å². The van der Waals surface area contributed by atoms with E-state index in [4.69, 9.17) is 9.47 Å². The number of nitrogens with one attached hydrogen (secondary N) is 1. The Kier molecular flexibility index (Phi) is 6.49. The van der Waals surface area contributed by atoms with Crippen LogP contribution in [0.25, 0.3) is 0 Å². The molecule has 0 bridgehead atoms. The van der Waals surface area contributed by atoms with Crippen LogP contribution in [-0.2, 0) is 15.9 Å². The molecular formula is C16H27NO2S. The minimum Gasteiger partial charge on any atom is -0.381 e. The van der Waals surface area contributed by atoms with Crippen molar-refractivity contribution < 1.29 is 9.47 Å². The average Bonchev–Trinajstić information content (AvgIpc) is 2.98. The van der Waals surface area contributed by atoms with Gasteiger partial charge in [0.05, 0.1) is 5.60 Å². The third-order valence-corrected chi connectivity index (χ3v) is 4.89. The Hall–Kier alpha value is -0.420. The van der Waals surface area contributed by atoms with E-state index < -0.39 is 0 Å². The van der Waals surface area contributed by atoms with Gasteiger partial charge in [-0.3, -0.25) is 0 Å². The first-order chi connectivity index (χ1) is 9.80. The number of hydrogen-bond donors (Lipinski definition) is 1. The molecule has 1 aromatic heterocycles. The van der Waals surface area contributed by atoms with Crippen LogP contribution in [0.3, 0.4) is 0 Å². The number of ether oxygens (including phenoxy) is 2. The molecule has 0 saturated carbocycles. The van der Waals surface area contributed by atoms with Gasteiger partial charge in [0, 0.05) is 38.7 Å². The van der Waals surface area contributed by atoms with Crippen LogP contribution in [-0.4, -0.2) is 38.0 Å². The minimum absolute atomic E-state index is 0.0426. The van der Waals surface area contributed by atoms with Crippen LogP contribution in [0, 0.1) is 0 Å². The summed E-state index contributed by atoms with van der Waals surface area (Å²) >= 11 is 1.78. The first-order valence-electron chi connectivity index (χ1n) is 7.77. The molecule has 20 heavy (non-hydrogen) atoms. The van der Waals surface area contributed by atoms with E-state index in [9.17, 15) is 0 Å². The molecule has 1 aliphatic heterocycles. The van der Waals surface area contributed by atoms with E-state index in [1.165, 1.54) is 5.56 Å². The van der Waals surface area contributed by atoms with E-state index in [2.05, 4.69) is 36.0 Å². The Bertz CT molecular complexity index is 355. The van der Waals surface area contributed by atoms with Crippen LogP contribution >= 0.6 is 11.3 Å². The lowest BCUT2D eigenvalue weighted by Gasteiger charge is -2.43. The molecule has 1 fully saturated rings. The topological polar surface area (TPSA) is 30.5 Å². The van der Waals surface area contributed by atoms with E-state index in [-0.39, 0.29) is 5.60 Å². The zero-order valence-electron chi connectivity index (χ0n) is 12.7. The molecule has 1 aliphatic rings. The number of likely N-dealkylation sites (N-methyl/N-ethyl adjacent to an activating group) is 1. The minimum atomic E-state index is -0.0426. The van der Waals surface area contributed by atoms with Crippen LogP contribution < -0.4 is 5.32 Å². The lowest BCUT2D eigenvalue weighted by Crippen LogP contribution is -2.55. The molecule has 1 aromatic rings. The molecule has 0 spiro atoms. The number of rotatable bonds is 8. The summed E-state index contributed by atoms with van der Waals surface area (Å²) in [6.45, 7) is 7.68. The number of aryl methyl sites for hydroxylation is 1. The highest BCUT2D eigenvalue weighted by atomic mass is 32.1. The first-order valence-corrected chi connectivity index (χ1v) is 8.71. The Morgan fingerprint density at radius 1 is 1.40 bits per heavy atom. The molecule has 114 valence electrons. The van der Waals surface area contributed by atoms with E-state index in [1.54, 1.807) is 11.3 Å². The largest absolute Gasteiger partial charge is 0.381 e. The smallest absolute Gasteiger partial charge is 0.0878 e. The first kappa shape index (κ1) is 16.0. The van der Waals surface area contributed by atoms with Gasteiger partial charge in [0.2, 0.25) is 0 Å². The maximum Gasteiger partial charge on any atom is 0.0878 e. The van der Waals surface area contributed by atoms with Crippen molar-refractivity contribution >= 4 is 11.3 Å². The molecule has 1 saturated heterocycles. The Balaban J connectivity index is 2.02. The highest BCUT2D eigenvalue weighted by Gasteiger charge is 2.40. The average molecular weight is 297 g/mol. The molecule has 1 unspecified atom stereocenters. The fourth-order valence-electron chi connectivity index (χ4n) is 3.14. The van der Waals surface area contributed by atoms with Crippen LogP contribution in [0.15, 0.2) is 16.8 Å². The molecule has 2 heterocycles. The van der Waals surface area contributed by atoms with Crippen LogP contribution in [0.1, 0.15) is 38.7 Å². The number of hydrogen-bond acceptors (Lipinski definition) is 4. The van der Waals surface area contributed by atoms with Gasteiger partial charge in [-0.1, -0.05) is 6.92 Å². The van der Waals surface area contributed by atoms with Gasteiger partial charge in [0.25, 0.3) is 0 Å². The van der Waals surface area contributed by atoms with E-state index >= 15 is 0 Å². The fraction of sp³-hybridized carbons (Fsp3) is 0.750. The summed E-state index contributed by atoms with van der Waals surface area (Å²) in [5.41, 5.74) is 1.40. The van der Waals surface area contributed by atoms with Crippen molar-refractivity contribution in [3.63, 3.8) is 0 Å². The van der Waals surface area contributed by atoms with Crippen LogP contribution in [0.4, 0.5) is 0 Å². The van der Waals surface area contributed by atoms with Gasteiger partial charge in [-0.05, 0) is 48.7 Å². The third-order valence-electron chi connectivity index (χ3n) is 4.16. The quantitative estimate of drug-likeness (QED) is 0.799. The SMILES string of the molecule is CCNC(CCc1ccsc1)C1(OCC)CCOCC1. The van der Waals surface area contributed by atoms with Crippen molar-refractivity contribution in [2.24, 2.45) is 0 Å². The third kappa shape index (κ3) is 4.04. The van der Waals surface area contributed by atoms with Gasteiger partial charge in [-0.2, -0.15) is 11.3 Å². The summed E-state index contributed by atoms with van der Waals surface area (Å²) in [7, 11) is 0. The molecule has 1 N–H and O–H groups in total. The molecule has 0 amide bonds. The van der Waals surface area contributed by atoms with E-state index in [0.29, 0.717) is 6.04 Å². The van der Waals surface area contributed by atoms with Crippen molar-refractivity contribution in [2.75, 3.05) is 26.4 Å². The fourth-order valence-corrected chi connectivity index (χ4v) is 3.84. The van der Waals surface area contributed by atoms with Gasteiger partial charge in [0.1, 0.15) is 0 Å². The second kappa shape index (κ2) is 8.13. The highest BCUT2D eigenvalue weighted by molar-refractivity contribution is 7.07. The van der Waals surface area contributed by atoms with E-state index in [0.717, 1.165) is 52.0 Å². The normalized spacial score (nSPS) is 19.9. The van der Waals surface area contributed by atoms with Crippen molar-refractivity contribution in [3.8, 4) is 0 Å². The van der Waals surface area contributed by atoms with Gasteiger partial charge in [-0.25, -0.2) is 0 Å². The van der Waals surface area contributed by atoms with Crippen molar-refractivity contribution in [1.82, 2.24) is 5.32 Å². The summed E-state index contributed by atoms with van der Waals surface area (Å²) in [6, 6.07) is 2.64. The summed E-state index contributed by atoms with van der Waals surface area (Å²) < 4.78 is 11.8.